The third kappa shape index (κ3) is 2.59. The van der Waals surface area contributed by atoms with Gasteiger partial charge < -0.3 is 5.32 Å². The topological polar surface area (TPSA) is 29.1 Å². The molecule has 1 N–H and O–H groups in total. The maximum atomic E-state index is 12.6. The first-order valence-electron chi connectivity index (χ1n) is 8.60. The van der Waals surface area contributed by atoms with E-state index >= 15 is 0 Å². The van der Waals surface area contributed by atoms with Gasteiger partial charge in [0.15, 0.2) is 0 Å². The summed E-state index contributed by atoms with van der Waals surface area (Å²) < 4.78 is 1.12. The molecule has 0 aromatic heterocycles. The van der Waals surface area contributed by atoms with Gasteiger partial charge in [0, 0.05) is 15.2 Å². The van der Waals surface area contributed by atoms with Gasteiger partial charge in [-0.15, -0.1) is 0 Å². The van der Waals surface area contributed by atoms with Crippen molar-refractivity contribution in [3.63, 3.8) is 0 Å². The molecule has 0 aliphatic heterocycles. The van der Waals surface area contributed by atoms with Gasteiger partial charge in [-0.1, -0.05) is 6.07 Å². The first-order valence-corrected chi connectivity index (χ1v) is 9.68. The Morgan fingerprint density at radius 2 is 1.77 bits per heavy atom. The van der Waals surface area contributed by atoms with Crippen molar-refractivity contribution in [2.75, 3.05) is 0 Å². The van der Waals surface area contributed by atoms with Crippen molar-refractivity contribution < 1.29 is 4.79 Å². The third-order valence-electron chi connectivity index (χ3n) is 6.44. The Labute approximate surface area is 146 Å². The van der Waals surface area contributed by atoms with Gasteiger partial charge in [-0.2, -0.15) is 0 Å². The van der Waals surface area contributed by atoms with Crippen molar-refractivity contribution in [2.24, 2.45) is 23.2 Å². The van der Waals surface area contributed by atoms with Crippen LogP contribution < -0.4 is 5.32 Å². The Morgan fingerprint density at radius 1 is 1.18 bits per heavy atom. The number of carbonyl (C=O) groups is 1. The zero-order valence-electron chi connectivity index (χ0n) is 13.1. The second-order valence-electron chi connectivity index (χ2n) is 7.99. The number of hydrogen-bond acceptors (Lipinski definition) is 1. The summed E-state index contributed by atoms with van der Waals surface area (Å²) in [6.45, 7) is 2.25. The van der Waals surface area contributed by atoms with Gasteiger partial charge in [0.05, 0.1) is 0 Å². The number of benzene rings is 1. The summed E-state index contributed by atoms with van der Waals surface area (Å²) in [5.74, 6) is 2.90. The zero-order valence-corrected chi connectivity index (χ0v) is 15.3. The molecular formula is C19H24INO. The molecule has 4 aliphatic rings. The second kappa shape index (κ2) is 5.50. The van der Waals surface area contributed by atoms with E-state index in [0.29, 0.717) is 11.5 Å². The highest BCUT2D eigenvalue weighted by Gasteiger charge is 2.53. The molecule has 4 fully saturated rings. The van der Waals surface area contributed by atoms with Gasteiger partial charge in [-0.3, -0.25) is 4.79 Å². The first-order chi connectivity index (χ1) is 10.5. The maximum Gasteiger partial charge on any atom is 0.251 e. The highest BCUT2D eigenvalue weighted by atomic mass is 127. The van der Waals surface area contributed by atoms with Crippen LogP contribution in [0.4, 0.5) is 0 Å². The Balaban J connectivity index is 1.50. The van der Waals surface area contributed by atoms with Crippen molar-refractivity contribution in [3.8, 4) is 0 Å². The average molecular weight is 409 g/mol. The molecule has 1 unspecified atom stereocenters. The summed E-state index contributed by atoms with van der Waals surface area (Å²) in [5.41, 5.74) is 1.18. The van der Waals surface area contributed by atoms with Crippen LogP contribution in [0.5, 0.6) is 0 Å². The number of rotatable bonds is 3. The van der Waals surface area contributed by atoms with E-state index in [2.05, 4.69) is 34.8 Å². The minimum atomic E-state index is 0.0989. The summed E-state index contributed by atoms with van der Waals surface area (Å²) in [6, 6.07) is 8.18. The fourth-order valence-corrected chi connectivity index (χ4v) is 6.31. The largest absolute Gasteiger partial charge is 0.349 e. The smallest absolute Gasteiger partial charge is 0.251 e. The average Bonchev–Trinajstić information content (AvgIpc) is 2.45. The molecule has 0 heterocycles. The van der Waals surface area contributed by atoms with E-state index in [-0.39, 0.29) is 5.91 Å². The van der Waals surface area contributed by atoms with Crippen LogP contribution >= 0.6 is 22.6 Å². The second-order valence-corrected chi connectivity index (χ2v) is 9.23. The summed E-state index contributed by atoms with van der Waals surface area (Å²) in [6.07, 6.45) is 8.39. The van der Waals surface area contributed by atoms with Crippen molar-refractivity contribution in [1.29, 1.82) is 0 Å². The fourth-order valence-electron chi connectivity index (χ4n) is 5.77. The highest BCUT2D eigenvalue weighted by molar-refractivity contribution is 14.1. The molecule has 1 aromatic carbocycles. The van der Waals surface area contributed by atoms with Gasteiger partial charge in [0.1, 0.15) is 0 Å². The number of halogens is 1. The Morgan fingerprint density at radius 3 is 2.32 bits per heavy atom. The van der Waals surface area contributed by atoms with Gasteiger partial charge in [0.25, 0.3) is 5.91 Å². The number of amides is 1. The van der Waals surface area contributed by atoms with Crippen molar-refractivity contribution in [2.45, 2.75) is 51.5 Å². The van der Waals surface area contributed by atoms with E-state index in [1.165, 1.54) is 38.5 Å². The molecular weight excluding hydrogens is 385 g/mol. The van der Waals surface area contributed by atoms with Gasteiger partial charge in [-0.05, 0) is 109 Å². The SMILES string of the molecule is CC(NC(=O)c1cccc(I)c1)C12CC3CC(CC(C3)C1)C2. The molecule has 3 heteroatoms. The number of carbonyl (C=O) groups excluding carboxylic acids is 1. The Hall–Kier alpha value is -0.580. The van der Waals surface area contributed by atoms with E-state index in [4.69, 9.17) is 0 Å². The van der Waals surface area contributed by atoms with Crippen molar-refractivity contribution in [3.05, 3.63) is 33.4 Å². The highest BCUT2D eigenvalue weighted by Crippen LogP contribution is 2.61. The van der Waals surface area contributed by atoms with Crippen LogP contribution in [0, 0.1) is 26.7 Å². The molecule has 0 radical (unpaired) electrons. The van der Waals surface area contributed by atoms with Crippen LogP contribution in [-0.4, -0.2) is 11.9 Å². The summed E-state index contributed by atoms with van der Waals surface area (Å²) in [7, 11) is 0. The van der Waals surface area contributed by atoms with Gasteiger partial charge >= 0.3 is 0 Å². The molecule has 1 atom stereocenters. The first kappa shape index (κ1) is 15.0. The van der Waals surface area contributed by atoms with Gasteiger partial charge in [-0.25, -0.2) is 0 Å². The standard InChI is InChI=1S/C19H24INO/c1-12(21-18(22)16-3-2-4-17(20)8-16)19-9-13-5-14(10-19)7-15(6-13)11-19/h2-4,8,12-15H,5-7,9-11H2,1H3,(H,21,22). The normalized spacial score (nSPS) is 37.1. The molecule has 4 bridgehead atoms. The quantitative estimate of drug-likeness (QED) is 0.725. The van der Waals surface area contributed by atoms with E-state index in [9.17, 15) is 4.79 Å². The lowest BCUT2D eigenvalue weighted by atomic mass is 9.48. The minimum absolute atomic E-state index is 0.0989. The molecule has 22 heavy (non-hydrogen) atoms. The molecule has 2 nitrogen and oxygen atoms in total. The van der Waals surface area contributed by atoms with Crippen molar-refractivity contribution in [1.82, 2.24) is 5.32 Å². The van der Waals surface area contributed by atoms with Gasteiger partial charge in [0.2, 0.25) is 0 Å². The van der Waals surface area contributed by atoms with Crippen LogP contribution in [0.3, 0.4) is 0 Å². The fraction of sp³-hybridized carbons (Fsp3) is 0.632. The molecule has 4 aliphatic carbocycles. The molecule has 1 amide bonds. The van der Waals surface area contributed by atoms with Crippen LogP contribution in [0.15, 0.2) is 24.3 Å². The van der Waals surface area contributed by atoms with Crippen LogP contribution in [0.2, 0.25) is 0 Å². The molecule has 5 rings (SSSR count). The number of hydrogen-bond donors (Lipinski definition) is 1. The number of nitrogens with one attached hydrogen (secondary N) is 1. The lowest BCUT2D eigenvalue weighted by molar-refractivity contribution is -0.0688. The molecule has 0 saturated heterocycles. The van der Waals surface area contributed by atoms with E-state index in [1.807, 2.05) is 24.3 Å². The summed E-state index contributed by atoms with van der Waals surface area (Å²) >= 11 is 2.27. The molecule has 4 saturated carbocycles. The lowest BCUT2D eigenvalue weighted by Crippen LogP contribution is -2.55. The van der Waals surface area contributed by atoms with Crippen LogP contribution in [0.25, 0.3) is 0 Å². The lowest BCUT2D eigenvalue weighted by Gasteiger charge is -2.59. The van der Waals surface area contributed by atoms with Crippen LogP contribution in [-0.2, 0) is 0 Å². The third-order valence-corrected chi connectivity index (χ3v) is 7.11. The van der Waals surface area contributed by atoms with E-state index < -0.39 is 0 Å². The minimum Gasteiger partial charge on any atom is -0.349 e. The summed E-state index contributed by atoms with van der Waals surface area (Å²) in [4.78, 5) is 12.6. The zero-order chi connectivity index (χ0) is 15.3. The Bertz CT molecular complexity index is 562. The monoisotopic (exact) mass is 409 g/mol. The molecule has 1 aromatic rings. The molecule has 0 spiro atoms. The predicted molar refractivity (Wildman–Crippen MR) is 96.7 cm³/mol. The Kier molecular flexibility index (Phi) is 3.74. The van der Waals surface area contributed by atoms with Crippen molar-refractivity contribution >= 4 is 28.5 Å². The molecule has 118 valence electrons. The van der Waals surface area contributed by atoms with E-state index in [1.54, 1.807) is 0 Å². The van der Waals surface area contributed by atoms with Crippen LogP contribution in [0.1, 0.15) is 55.8 Å². The summed E-state index contributed by atoms with van der Waals surface area (Å²) in [5, 5.41) is 3.34. The maximum absolute atomic E-state index is 12.6. The van der Waals surface area contributed by atoms with E-state index in [0.717, 1.165) is 26.9 Å². The predicted octanol–water partition coefficient (Wildman–Crippen LogP) is 4.63.